The van der Waals surface area contributed by atoms with Crippen LogP contribution in [0.15, 0.2) is 6.07 Å². The third-order valence-electron chi connectivity index (χ3n) is 3.37. The first kappa shape index (κ1) is 14.8. The number of alkyl halides is 3. The van der Waals surface area contributed by atoms with Crippen LogP contribution in [-0.2, 0) is 6.18 Å². The molecular weight excluding hydrogens is 273 g/mol. The highest BCUT2D eigenvalue weighted by Gasteiger charge is 2.36. The number of piperidine rings is 1. The van der Waals surface area contributed by atoms with E-state index in [0.29, 0.717) is 13.0 Å². The molecule has 8 heteroatoms. The number of hydrogen-bond donors (Lipinski definition) is 2. The molecule has 0 spiro atoms. The molecule has 0 aliphatic carbocycles. The van der Waals surface area contributed by atoms with E-state index in [0.717, 1.165) is 19.3 Å². The Morgan fingerprint density at radius 3 is 2.75 bits per heavy atom. The highest BCUT2D eigenvalue weighted by molar-refractivity contribution is 5.48. The van der Waals surface area contributed by atoms with Crippen molar-refractivity contribution >= 4 is 11.6 Å². The van der Waals surface area contributed by atoms with E-state index in [9.17, 15) is 13.2 Å². The summed E-state index contributed by atoms with van der Waals surface area (Å²) in [6.07, 6.45) is -1.41. The van der Waals surface area contributed by atoms with Crippen molar-refractivity contribution in [1.82, 2.24) is 9.97 Å². The Labute approximate surface area is 114 Å². The van der Waals surface area contributed by atoms with Gasteiger partial charge in [0, 0.05) is 25.3 Å². The summed E-state index contributed by atoms with van der Waals surface area (Å²) < 4.78 is 38.2. The molecule has 2 heterocycles. The molecular formula is C12H17F3N4O. The van der Waals surface area contributed by atoms with Crippen LogP contribution in [0.4, 0.5) is 24.8 Å². The molecule has 5 nitrogen and oxygen atoms in total. The van der Waals surface area contributed by atoms with Crippen molar-refractivity contribution < 1.29 is 18.3 Å². The minimum absolute atomic E-state index is 0.00609. The Bertz CT molecular complexity index is 465. The van der Waals surface area contributed by atoms with Crippen LogP contribution in [0.2, 0.25) is 0 Å². The minimum Gasteiger partial charge on any atom is -0.396 e. The van der Waals surface area contributed by atoms with E-state index in [2.05, 4.69) is 9.97 Å². The summed E-state index contributed by atoms with van der Waals surface area (Å²) in [6, 6.07) is 1.34. The Morgan fingerprint density at radius 2 is 2.10 bits per heavy atom. The normalized spacial score (nSPS) is 20.2. The maximum absolute atomic E-state index is 12.7. The van der Waals surface area contributed by atoms with Crippen LogP contribution < -0.4 is 10.6 Å². The fourth-order valence-corrected chi connectivity index (χ4v) is 2.48. The Kier molecular flexibility index (Phi) is 4.32. The van der Waals surface area contributed by atoms with E-state index < -0.39 is 12.0 Å². The highest BCUT2D eigenvalue weighted by Crippen LogP contribution is 2.31. The molecule has 1 aliphatic heterocycles. The molecule has 112 valence electrons. The second kappa shape index (κ2) is 5.82. The van der Waals surface area contributed by atoms with Crippen molar-refractivity contribution in [3.05, 3.63) is 11.9 Å². The molecule has 20 heavy (non-hydrogen) atoms. The number of anilines is 2. The molecule has 1 fully saturated rings. The van der Waals surface area contributed by atoms with Crippen LogP contribution in [0.5, 0.6) is 0 Å². The number of nitrogens with zero attached hydrogens (tertiary/aromatic N) is 3. The molecule has 0 aromatic carbocycles. The predicted octanol–water partition coefficient (Wildman–Crippen LogP) is 1.82. The second-order valence-electron chi connectivity index (χ2n) is 4.83. The van der Waals surface area contributed by atoms with Gasteiger partial charge >= 0.3 is 6.18 Å². The van der Waals surface area contributed by atoms with Crippen molar-refractivity contribution in [2.24, 2.45) is 0 Å². The first-order valence-corrected chi connectivity index (χ1v) is 6.51. The number of nitrogen functional groups attached to an aromatic ring is 1. The van der Waals surface area contributed by atoms with Crippen LogP contribution in [0.1, 0.15) is 31.5 Å². The summed E-state index contributed by atoms with van der Waals surface area (Å²) in [5.41, 5.74) is 5.46. The molecule has 0 bridgehead atoms. The Hall–Kier alpha value is -1.57. The van der Waals surface area contributed by atoms with Crippen molar-refractivity contribution in [2.45, 2.75) is 37.9 Å². The van der Waals surface area contributed by atoms with Crippen LogP contribution in [0.3, 0.4) is 0 Å². The summed E-state index contributed by atoms with van der Waals surface area (Å²) in [5.74, 6) is -1.24. The van der Waals surface area contributed by atoms with Crippen molar-refractivity contribution in [3.63, 3.8) is 0 Å². The molecule has 3 N–H and O–H groups in total. The lowest BCUT2D eigenvalue weighted by Gasteiger charge is -2.36. The molecule has 1 atom stereocenters. The fraction of sp³-hybridized carbons (Fsp3) is 0.667. The zero-order valence-electron chi connectivity index (χ0n) is 10.9. The second-order valence-corrected chi connectivity index (χ2v) is 4.83. The topological polar surface area (TPSA) is 75.3 Å². The Balaban J connectivity index is 2.32. The summed E-state index contributed by atoms with van der Waals surface area (Å²) >= 11 is 0. The number of aliphatic hydroxyl groups excluding tert-OH is 1. The standard InChI is InChI=1S/C12H17F3N4O/c13-12(14,15)11-17-9(16)7-10(18-11)19-5-2-1-3-8(19)4-6-20/h7-8,20H,1-6H2,(H2,16,17,18). The van der Waals surface area contributed by atoms with Gasteiger partial charge in [-0.05, 0) is 25.7 Å². The average Bonchev–Trinajstić information content (AvgIpc) is 2.38. The van der Waals surface area contributed by atoms with Gasteiger partial charge in [-0.2, -0.15) is 13.2 Å². The summed E-state index contributed by atoms with van der Waals surface area (Å²) in [7, 11) is 0. The van der Waals surface area contributed by atoms with Gasteiger partial charge in [-0.15, -0.1) is 0 Å². The molecule has 1 unspecified atom stereocenters. The zero-order valence-corrected chi connectivity index (χ0v) is 10.9. The van der Waals surface area contributed by atoms with Gasteiger partial charge < -0.3 is 15.7 Å². The number of hydrogen-bond acceptors (Lipinski definition) is 5. The largest absolute Gasteiger partial charge is 0.451 e. The highest BCUT2D eigenvalue weighted by atomic mass is 19.4. The van der Waals surface area contributed by atoms with Crippen LogP contribution in [-0.4, -0.2) is 34.3 Å². The lowest BCUT2D eigenvalue weighted by Crippen LogP contribution is -2.41. The molecule has 0 radical (unpaired) electrons. The van der Waals surface area contributed by atoms with Crippen molar-refractivity contribution in [1.29, 1.82) is 0 Å². The van der Waals surface area contributed by atoms with Crippen LogP contribution in [0, 0.1) is 0 Å². The van der Waals surface area contributed by atoms with Gasteiger partial charge in [0.05, 0.1) is 0 Å². The van der Waals surface area contributed by atoms with Crippen molar-refractivity contribution in [2.75, 3.05) is 23.8 Å². The molecule has 1 aromatic heterocycles. The fourth-order valence-electron chi connectivity index (χ4n) is 2.48. The number of nitrogens with two attached hydrogens (primary N) is 1. The van der Waals surface area contributed by atoms with Gasteiger partial charge in [0.2, 0.25) is 5.82 Å². The van der Waals surface area contributed by atoms with E-state index >= 15 is 0 Å². The zero-order chi connectivity index (χ0) is 14.8. The first-order valence-electron chi connectivity index (χ1n) is 6.51. The minimum atomic E-state index is -4.62. The number of halogens is 3. The van der Waals surface area contributed by atoms with Gasteiger partial charge in [0.1, 0.15) is 11.6 Å². The van der Waals surface area contributed by atoms with Crippen LogP contribution in [0.25, 0.3) is 0 Å². The molecule has 1 aromatic rings. The van der Waals surface area contributed by atoms with E-state index in [-0.39, 0.29) is 24.3 Å². The molecule has 1 aliphatic rings. The predicted molar refractivity (Wildman–Crippen MR) is 68.1 cm³/mol. The first-order chi connectivity index (χ1) is 9.41. The molecule has 2 rings (SSSR count). The van der Waals surface area contributed by atoms with Gasteiger partial charge in [-0.1, -0.05) is 0 Å². The maximum atomic E-state index is 12.7. The van der Waals surface area contributed by atoms with E-state index in [1.54, 1.807) is 4.90 Å². The SMILES string of the molecule is Nc1cc(N2CCCCC2CCO)nc(C(F)(F)F)n1. The third-order valence-corrected chi connectivity index (χ3v) is 3.37. The lowest BCUT2D eigenvalue weighted by atomic mass is 9.99. The number of rotatable bonds is 3. The number of aliphatic hydroxyl groups is 1. The van der Waals surface area contributed by atoms with E-state index in [1.807, 2.05) is 0 Å². The smallest absolute Gasteiger partial charge is 0.396 e. The quantitative estimate of drug-likeness (QED) is 0.888. The molecule has 0 saturated carbocycles. The van der Waals surface area contributed by atoms with Gasteiger partial charge in [0.15, 0.2) is 0 Å². The van der Waals surface area contributed by atoms with E-state index in [1.165, 1.54) is 6.07 Å². The Morgan fingerprint density at radius 1 is 1.35 bits per heavy atom. The van der Waals surface area contributed by atoms with Crippen LogP contribution >= 0.6 is 0 Å². The number of aromatic nitrogens is 2. The molecule has 1 saturated heterocycles. The lowest BCUT2D eigenvalue weighted by molar-refractivity contribution is -0.144. The summed E-state index contributed by atoms with van der Waals surface area (Å²) in [4.78, 5) is 8.61. The van der Waals surface area contributed by atoms with Gasteiger partial charge in [-0.25, -0.2) is 9.97 Å². The summed E-state index contributed by atoms with van der Waals surface area (Å²) in [6.45, 7) is 0.603. The van der Waals surface area contributed by atoms with Crippen molar-refractivity contribution in [3.8, 4) is 0 Å². The van der Waals surface area contributed by atoms with Gasteiger partial charge in [-0.3, -0.25) is 0 Å². The van der Waals surface area contributed by atoms with Gasteiger partial charge in [0.25, 0.3) is 0 Å². The molecule has 0 amide bonds. The monoisotopic (exact) mass is 290 g/mol. The van der Waals surface area contributed by atoms with E-state index in [4.69, 9.17) is 10.8 Å². The maximum Gasteiger partial charge on any atom is 0.451 e. The summed E-state index contributed by atoms with van der Waals surface area (Å²) in [5, 5.41) is 9.06. The third kappa shape index (κ3) is 3.30. The average molecular weight is 290 g/mol.